The topological polar surface area (TPSA) is 29.3 Å². The van der Waals surface area contributed by atoms with Gasteiger partial charge in [-0.25, -0.2) is 0 Å². The highest BCUT2D eigenvalue weighted by Gasteiger charge is 2.38. The molecule has 0 bridgehead atoms. The molecule has 116 valence electrons. The first-order chi connectivity index (χ1) is 10.2. The smallest absolute Gasteiger partial charge is 0.0499 e. The fourth-order valence-electron chi connectivity index (χ4n) is 4.47. The Bertz CT molecular complexity index is 451. The van der Waals surface area contributed by atoms with Crippen LogP contribution in [0.5, 0.6) is 0 Å². The molecule has 2 fully saturated rings. The molecule has 1 aromatic carbocycles. The van der Waals surface area contributed by atoms with Crippen LogP contribution in [0.1, 0.15) is 57.1 Å². The third-order valence-electron chi connectivity index (χ3n) is 5.35. The maximum Gasteiger partial charge on any atom is 0.0499 e. The van der Waals surface area contributed by atoms with E-state index >= 15 is 0 Å². The molecule has 1 aliphatic heterocycles. The predicted molar refractivity (Wildman–Crippen MR) is 89.5 cm³/mol. The van der Waals surface area contributed by atoms with Gasteiger partial charge in [0.05, 0.1) is 0 Å². The molecule has 1 aliphatic carbocycles. The lowest BCUT2D eigenvalue weighted by Gasteiger charge is -2.38. The monoisotopic (exact) mass is 306 g/mol. The van der Waals surface area contributed by atoms with Gasteiger partial charge in [0.25, 0.3) is 0 Å². The average Bonchev–Trinajstić information content (AvgIpc) is 3.11. The van der Waals surface area contributed by atoms with Crippen LogP contribution in [0.25, 0.3) is 0 Å². The summed E-state index contributed by atoms with van der Waals surface area (Å²) in [4.78, 5) is 2.70. The van der Waals surface area contributed by atoms with Crippen LogP contribution in [0.15, 0.2) is 24.3 Å². The van der Waals surface area contributed by atoms with E-state index in [0.717, 1.165) is 17.0 Å². The highest BCUT2D eigenvalue weighted by Crippen LogP contribution is 2.40. The molecule has 3 heteroatoms. The fraction of sp³-hybridized carbons (Fsp3) is 0.667. The highest BCUT2D eigenvalue weighted by molar-refractivity contribution is 6.30. The van der Waals surface area contributed by atoms with E-state index in [1.54, 1.807) is 0 Å². The van der Waals surface area contributed by atoms with E-state index in [1.807, 2.05) is 12.1 Å². The Balaban J connectivity index is 1.83. The largest absolute Gasteiger partial charge is 0.326 e. The molecule has 3 rings (SSSR count). The predicted octanol–water partition coefficient (Wildman–Crippen LogP) is 4.38. The zero-order chi connectivity index (χ0) is 14.8. The third-order valence-corrected chi connectivity index (χ3v) is 5.60. The maximum absolute atomic E-state index is 6.37. The summed E-state index contributed by atoms with van der Waals surface area (Å²) in [6.07, 6.45) is 8.32. The van der Waals surface area contributed by atoms with Crippen molar-refractivity contribution in [1.82, 2.24) is 4.90 Å². The van der Waals surface area contributed by atoms with Crippen molar-refractivity contribution in [3.8, 4) is 0 Å². The first-order valence-corrected chi connectivity index (χ1v) is 8.81. The molecule has 0 radical (unpaired) electrons. The van der Waals surface area contributed by atoms with Gasteiger partial charge in [-0.15, -0.1) is 0 Å². The second kappa shape index (κ2) is 6.68. The molecule has 1 heterocycles. The van der Waals surface area contributed by atoms with Crippen molar-refractivity contribution < 1.29 is 0 Å². The molecule has 0 amide bonds. The van der Waals surface area contributed by atoms with Gasteiger partial charge in [0.1, 0.15) is 0 Å². The molecule has 3 unspecified atom stereocenters. The van der Waals surface area contributed by atoms with Crippen LogP contribution in [0.2, 0.25) is 5.02 Å². The average molecular weight is 307 g/mol. The lowest BCUT2D eigenvalue weighted by molar-refractivity contribution is 0.120. The van der Waals surface area contributed by atoms with E-state index in [9.17, 15) is 0 Å². The van der Waals surface area contributed by atoms with E-state index in [2.05, 4.69) is 24.0 Å². The van der Waals surface area contributed by atoms with Crippen LogP contribution in [0.4, 0.5) is 0 Å². The molecule has 1 aromatic rings. The van der Waals surface area contributed by atoms with Gasteiger partial charge >= 0.3 is 0 Å². The van der Waals surface area contributed by atoms with E-state index in [1.165, 1.54) is 50.6 Å². The molecule has 1 saturated heterocycles. The van der Waals surface area contributed by atoms with Crippen LogP contribution in [0.3, 0.4) is 0 Å². The van der Waals surface area contributed by atoms with E-state index in [0.29, 0.717) is 6.04 Å². The lowest BCUT2D eigenvalue weighted by atomic mass is 9.92. The van der Waals surface area contributed by atoms with Gasteiger partial charge in [-0.2, -0.15) is 0 Å². The molecule has 3 atom stereocenters. The van der Waals surface area contributed by atoms with Crippen molar-refractivity contribution in [2.75, 3.05) is 6.54 Å². The molecule has 2 N–H and O–H groups in total. The summed E-state index contributed by atoms with van der Waals surface area (Å²) in [6.45, 7) is 3.33. The van der Waals surface area contributed by atoms with Gasteiger partial charge in [0, 0.05) is 23.1 Å². The summed E-state index contributed by atoms with van der Waals surface area (Å²) in [6, 6.07) is 9.50. The Hall–Kier alpha value is -0.570. The maximum atomic E-state index is 6.37. The second-order valence-electron chi connectivity index (χ2n) is 6.85. The molecule has 2 aliphatic rings. The van der Waals surface area contributed by atoms with Gasteiger partial charge in [-0.3, -0.25) is 4.90 Å². The number of hydrogen-bond donors (Lipinski definition) is 1. The third kappa shape index (κ3) is 3.28. The van der Waals surface area contributed by atoms with Crippen LogP contribution in [0, 0.1) is 5.92 Å². The summed E-state index contributed by atoms with van der Waals surface area (Å²) >= 11 is 6.04. The first-order valence-electron chi connectivity index (χ1n) is 8.43. The van der Waals surface area contributed by atoms with Crippen molar-refractivity contribution in [3.63, 3.8) is 0 Å². The minimum Gasteiger partial charge on any atom is -0.326 e. The molecule has 1 saturated carbocycles. The van der Waals surface area contributed by atoms with Gasteiger partial charge in [0.15, 0.2) is 0 Å². The van der Waals surface area contributed by atoms with Crippen molar-refractivity contribution in [1.29, 1.82) is 0 Å². The van der Waals surface area contributed by atoms with E-state index in [-0.39, 0.29) is 6.04 Å². The van der Waals surface area contributed by atoms with Gasteiger partial charge in [0.2, 0.25) is 0 Å². The first kappa shape index (κ1) is 15.3. The number of nitrogens with two attached hydrogens (primary N) is 1. The van der Waals surface area contributed by atoms with Crippen molar-refractivity contribution >= 4 is 11.6 Å². The highest BCUT2D eigenvalue weighted by atomic mass is 35.5. The summed E-state index contributed by atoms with van der Waals surface area (Å²) < 4.78 is 0. The zero-order valence-electron chi connectivity index (χ0n) is 13.0. The second-order valence-corrected chi connectivity index (χ2v) is 7.28. The van der Waals surface area contributed by atoms with E-state index < -0.39 is 0 Å². The Morgan fingerprint density at radius 3 is 2.38 bits per heavy atom. The number of halogens is 1. The Kier molecular flexibility index (Phi) is 4.88. The van der Waals surface area contributed by atoms with Crippen LogP contribution in [-0.4, -0.2) is 23.5 Å². The molecule has 0 spiro atoms. The van der Waals surface area contributed by atoms with Crippen molar-refractivity contribution in [2.45, 2.75) is 63.6 Å². The number of rotatable bonds is 4. The minimum atomic E-state index is 0.146. The molecule has 2 nitrogen and oxygen atoms in total. The van der Waals surface area contributed by atoms with Gasteiger partial charge < -0.3 is 5.73 Å². The molecule has 0 aromatic heterocycles. The number of benzene rings is 1. The van der Waals surface area contributed by atoms with Gasteiger partial charge in [-0.05, 0) is 62.8 Å². The molecular formula is C18H27ClN2. The Morgan fingerprint density at radius 1 is 1.10 bits per heavy atom. The standard InChI is InChI=1S/C18H27ClN2/c1-13(20)18(15-8-10-16(19)11-9-15)21-12-4-7-17(21)14-5-2-3-6-14/h8-11,13-14,17-18H,2-7,12,20H2,1H3. The SMILES string of the molecule is CC(N)C(c1ccc(Cl)cc1)N1CCCC1C1CCCC1. The Morgan fingerprint density at radius 2 is 1.76 bits per heavy atom. The normalized spacial score (nSPS) is 27.1. The minimum absolute atomic E-state index is 0.146. The summed E-state index contributed by atoms with van der Waals surface area (Å²) in [7, 11) is 0. The summed E-state index contributed by atoms with van der Waals surface area (Å²) in [5, 5.41) is 0.802. The van der Waals surface area contributed by atoms with Crippen LogP contribution < -0.4 is 5.73 Å². The number of hydrogen-bond acceptors (Lipinski definition) is 2. The quantitative estimate of drug-likeness (QED) is 0.894. The lowest BCUT2D eigenvalue weighted by Crippen LogP contribution is -2.44. The van der Waals surface area contributed by atoms with Gasteiger partial charge in [-0.1, -0.05) is 36.6 Å². The van der Waals surface area contributed by atoms with E-state index in [4.69, 9.17) is 17.3 Å². The summed E-state index contributed by atoms with van der Waals surface area (Å²) in [5.74, 6) is 0.890. The fourth-order valence-corrected chi connectivity index (χ4v) is 4.59. The Labute approximate surface area is 133 Å². The van der Waals surface area contributed by atoms with Crippen LogP contribution in [-0.2, 0) is 0 Å². The zero-order valence-corrected chi connectivity index (χ0v) is 13.7. The number of nitrogens with zero attached hydrogens (tertiary/aromatic N) is 1. The van der Waals surface area contributed by atoms with Crippen LogP contribution >= 0.6 is 11.6 Å². The van der Waals surface area contributed by atoms with Crippen molar-refractivity contribution in [3.05, 3.63) is 34.9 Å². The number of likely N-dealkylation sites (tertiary alicyclic amines) is 1. The van der Waals surface area contributed by atoms with Crippen molar-refractivity contribution in [2.24, 2.45) is 11.7 Å². The summed E-state index contributed by atoms with van der Waals surface area (Å²) in [5.41, 5.74) is 7.69. The molecule has 21 heavy (non-hydrogen) atoms. The molecular weight excluding hydrogens is 280 g/mol.